The maximum atomic E-state index is 11.2. The zero-order valence-electron chi connectivity index (χ0n) is 9.69. The second-order valence-electron chi connectivity index (χ2n) is 4.08. The Balaban J connectivity index is 2.48. The molecule has 0 aliphatic rings. The van der Waals surface area contributed by atoms with Gasteiger partial charge in [-0.25, -0.2) is 5.84 Å². The van der Waals surface area contributed by atoms with Crippen molar-refractivity contribution in [2.24, 2.45) is 11.8 Å². The number of amides is 1. The van der Waals surface area contributed by atoms with Gasteiger partial charge >= 0.3 is 0 Å². The van der Waals surface area contributed by atoms with Gasteiger partial charge < -0.3 is 4.74 Å². The minimum Gasteiger partial charge on any atom is -0.377 e. The number of rotatable bonds is 5. The fourth-order valence-electron chi connectivity index (χ4n) is 1.25. The van der Waals surface area contributed by atoms with Crippen LogP contribution in [-0.4, -0.2) is 12.5 Å². The van der Waals surface area contributed by atoms with Gasteiger partial charge in [-0.1, -0.05) is 26.0 Å². The standard InChI is InChI=1S/C12H18N2O2/c1-9(2)7-16-8-10-3-5-11(6-4-10)12(15)14-13/h3-6,9H,7-8,13H2,1-2H3,(H,14,15). The van der Waals surface area contributed by atoms with Crippen LogP contribution in [0.25, 0.3) is 0 Å². The van der Waals surface area contributed by atoms with Gasteiger partial charge in [-0.3, -0.25) is 10.2 Å². The van der Waals surface area contributed by atoms with Gasteiger partial charge in [0.15, 0.2) is 0 Å². The van der Waals surface area contributed by atoms with E-state index in [-0.39, 0.29) is 5.91 Å². The molecule has 4 heteroatoms. The summed E-state index contributed by atoms with van der Waals surface area (Å²) in [6, 6.07) is 7.20. The van der Waals surface area contributed by atoms with Crippen molar-refractivity contribution in [1.29, 1.82) is 0 Å². The zero-order valence-corrected chi connectivity index (χ0v) is 9.69. The molecule has 1 aromatic carbocycles. The molecule has 0 saturated heterocycles. The van der Waals surface area contributed by atoms with E-state index in [0.717, 1.165) is 12.2 Å². The zero-order chi connectivity index (χ0) is 12.0. The van der Waals surface area contributed by atoms with E-state index in [1.165, 1.54) is 0 Å². The third kappa shape index (κ3) is 4.00. The number of ether oxygens (including phenoxy) is 1. The lowest BCUT2D eigenvalue weighted by Gasteiger charge is -2.07. The third-order valence-corrected chi connectivity index (χ3v) is 2.07. The predicted molar refractivity (Wildman–Crippen MR) is 62.6 cm³/mol. The molecular weight excluding hydrogens is 204 g/mol. The highest BCUT2D eigenvalue weighted by Gasteiger charge is 2.02. The molecule has 88 valence electrons. The highest BCUT2D eigenvalue weighted by Crippen LogP contribution is 2.06. The Bertz CT molecular complexity index is 333. The minimum absolute atomic E-state index is 0.283. The largest absolute Gasteiger partial charge is 0.377 e. The molecule has 0 bridgehead atoms. The number of hydrogen-bond acceptors (Lipinski definition) is 3. The molecule has 16 heavy (non-hydrogen) atoms. The first kappa shape index (κ1) is 12.7. The normalized spacial score (nSPS) is 10.5. The molecule has 0 aliphatic carbocycles. The van der Waals surface area contributed by atoms with Crippen LogP contribution in [0.4, 0.5) is 0 Å². The first-order chi connectivity index (χ1) is 7.63. The van der Waals surface area contributed by atoms with Crippen LogP contribution in [0.2, 0.25) is 0 Å². The molecular formula is C12H18N2O2. The van der Waals surface area contributed by atoms with Gasteiger partial charge in [0.1, 0.15) is 0 Å². The third-order valence-electron chi connectivity index (χ3n) is 2.07. The monoisotopic (exact) mass is 222 g/mol. The number of hydrazine groups is 1. The van der Waals surface area contributed by atoms with Crippen LogP contribution in [0.5, 0.6) is 0 Å². The van der Waals surface area contributed by atoms with Crippen molar-refractivity contribution in [1.82, 2.24) is 5.43 Å². The van der Waals surface area contributed by atoms with Crippen molar-refractivity contribution < 1.29 is 9.53 Å². The Morgan fingerprint density at radius 3 is 2.50 bits per heavy atom. The summed E-state index contributed by atoms with van der Waals surface area (Å²) in [6.07, 6.45) is 0. The van der Waals surface area contributed by atoms with Crippen LogP contribution in [0.3, 0.4) is 0 Å². The molecule has 1 aromatic rings. The summed E-state index contributed by atoms with van der Waals surface area (Å²) >= 11 is 0. The summed E-state index contributed by atoms with van der Waals surface area (Å²) in [7, 11) is 0. The van der Waals surface area contributed by atoms with Crippen LogP contribution in [0, 0.1) is 5.92 Å². The van der Waals surface area contributed by atoms with Crippen molar-refractivity contribution in [3.63, 3.8) is 0 Å². The summed E-state index contributed by atoms with van der Waals surface area (Å²) in [6.45, 7) is 5.52. The van der Waals surface area contributed by atoms with Crippen molar-refractivity contribution in [3.8, 4) is 0 Å². The number of nitrogens with two attached hydrogens (primary N) is 1. The number of nitrogen functional groups attached to an aromatic ring is 1. The van der Waals surface area contributed by atoms with Gasteiger partial charge in [0.2, 0.25) is 0 Å². The number of nitrogens with one attached hydrogen (secondary N) is 1. The average molecular weight is 222 g/mol. The number of benzene rings is 1. The molecule has 0 spiro atoms. The lowest BCUT2D eigenvalue weighted by molar-refractivity contribution is 0.0949. The molecule has 0 radical (unpaired) electrons. The summed E-state index contributed by atoms with van der Waals surface area (Å²) in [4.78, 5) is 11.2. The lowest BCUT2D eigenvalue weighted by Crippen LogP contribution is -2.29. The maximum Gasteiger partial charge on any atom is 0.265 e. The van der Waals surface area contributed by atoms with E-state index in [4.69, 9.17) is 10.6 Å². The molecule has 0 fully saturated rings. The van der Waals surface area contributed by atoms with E-state index in [1.54, 1.807) is 12.1 Å². The SMILES string of the molecule is CC(C)COCc1ccc(C(=O)NN)cc1. The van der Waals surface area contributed by atoms with Gasteiger partial charge in [-0.05, 0) is 23.6 Å². The number of hydrogen-bond donors (Lipinski definition) is 2. The molecule has 0 aliphatic heterocycles. The molecule has 0 unspecified atom stereocenters. The smallest absolute Gasteiger partial charge is 0.265 e. The Morgan fingerprint density at radius 2 is 2.00 bits per heavy atom. The Hall–Kier alpha value is -1.39. The van der Waals surface area contributed by atoms with Crippen molar-refractivity contribution in [2.75, 3.05) is 6.61 Å². The van der Waals surface area contributed by atoms with Crippen LogP contribution in [0.1, 0.15) is 29.8 Å². The van der Waals surface area contributed by atoms with E-state index in [1.807, 2.05) is 12.1 Å². The van der Waals surface area contributed by atoms with E-state index in [9.17, 15) is 4.79 Å². The van der Waals surface area contributed by atoms with Crippen LogP contribution < -0.4 is 11.3 Å². The molecule has 3 N–H and O–H groups in total. The molecule has 1 amide bonds. The maximum absolute atomic E-state index is 11.2. The second kappa shape index (κ2) is 6.25. The fourth-order valence-corrected chi connectivity index (χ4v) is 1.25. The summed E-state index contributed by atoms with van der Waals surface area (Å²) < 4.78 is 5.48. The summed E-state index contributed by atoms with van der Waals surface area (Å²) in [5, 5.41) is 0. The molecule has 4 nitrogen and oxygen atoms in total. The van der Waals surface area contributed by atoms with Crippen LogP contribution in [-0.2, 0) is 11.3 Å². The molecule has 0 aromatic heterocycles. The highest BCUT2D eigenvalue weighted by atomic mass is 16.5. The first-order valence-corrected chi connectivity index (χ1v) is 5.31. The van der Waals surface area contributed by atoms with E-state index in [2.05, 4.69) is 19.3 Å². The van der Waals surface area contributed by atoms with E-state index < -0.39 is 0 Å². The molecule has 1 rings (SSSR count). The van der Waals surface area contributed by atoms with Gasteiger partial charge in [-0.2, -0.15) is 0 Å². The lowest BCUT2D eigenvalue weighted by atomic mass is 10.1. The van der Waals surface area contributed by atoms with Gasteiger partial charge in [0.25, 0.3) is 5.91 Å². The van der Waals surface area contributed by atoms with Crippen LogP contribution in [0.15, 0.2) is 24.3 Å². The van der Waals surface area contributed by atoms with Crippen LogP contribution >= 0.6 is 0 Å². The van der Waals surface area contributed by atoms with Crippen molar-refractivity contribution >= 4 is 5.91 Å². The van der Waals surface area contributed by atoms with Gasteiger partial charge in [0, 0.05) is 12.2 Å². The quantitative estimate of drug-likeness (QED) is 0.450. The van der Waals surface area contributed by atoms with Gasteiger partial charge in [0.05, 0.1) is 6.61 Å². The van der Waals surface area contributed by atoms with Crippen molar-refractivity contribution in [3.05, 3.63) is 35.4 Å². The first-order valence-electron chi connectivity index (χ1n) is 5.31. The predicted octanol–water partition coefficient (Wildman–Crippen LogP) is 1.46. The minimum atomic E-state index is -0.283. The fraction of sp³-hybridized carbons (Fsp3) is 0.417. The Kier molecular flexibility index (Phi) is 4.95. The average Bonchev–Trinajstić information content (AvgIpc) is 2.28. The topological polar surface area (TPSA) is 64.3 Å². The Labute approximate surface area is 95.8 Å². The second-order valence-corrected chi connectivity index (χ2v) is 4.08. The highest BCUT2D eigenvalue weighted by molar-refractivity contribution is 5.93. The molecule has 0 heterocycles. The summed E-state index contributed by atoms with van der Waals surface area (Å²) in [5.74, 6) is 5.28. The van der Waals surface area contributed by atoms with Crippen molar-refractivity contribution in [2.45, 2.75) is 20.5 Å². The van der Waals surface area contributed by atoms with Gasteiger partial charge in [-0.15, -0.1) is 0 Å². The molecule has 0 saturated carbocycles. The van der Waals surface area contributed by atoms with E-state index >= 15 is 0 Å². The number of carbonyl (C=O) groups excluding carboxylic acids is 1. The Morgan fingerprint density at radius 1 is 1.38 bits per heavy atom. The summed E-state index contributed by atoms with van der Waals surface area (Å²) in [5.41, 5.74) is 3.69. The molecule has 0 atom stereocenters. The van der Waals surface area contributed by atoms with E-state index in [0.29, 0.717) is 18.1 Å². The number of carbonyl (C=O) groups is 1.